The van der Waals surface area contributed by atoms with Crippen molar-refractivity contribution < 1.29 is 13.9 Å². The highest BCUT2D eigenvalue weighted by Crippen LogP contribution is 2.47. The third kappa shape index (κ3) is 3.59. The molecule has 0 aromatic heterocycles. The molecule has 4 heteroatoms. The van der Waals surface area contributed by atoms with E-state index in [1.807, 2.05) is 19.1 Å². The molecule has 0 aliphatic heterocycles. The number of aryl methyl sites for hydroxylation is 1. The number of hydrogen-bond donors (Lipinski definition) is 1. The molecule has 2 aromatic rings. The van der Waals surface area contributed by atoms with Crippen molar-refractivity contribution in [1.29, 1.82) is 0 Å². The molecule has 0 atom stereocenters. The smallest absolute Gasteiger partial charge is 0.159 e. The number of halogens is 2. The first-order chi connectivity index (χ1) is 13.3. The molecule has 0 radical (unpaired) electrons. The van der Waals surface area contributed by atoms with Gasteiger partial charge in [0.25, 0.3) is 0 Å². The van der Waals surface area contributed by atoms with Crippen LogP contribution in [0, 0.1) is 18.6 Å². The van der Waals surface area contributed by atoms with Crippen LogP contribution in [0.5, 0.6) is 5.75 Å². The maximum atomic E-state index is 14.4. The minimum Gasteiger partial charge on any atom is -0.507 e. The molecule has 1 N–H and O–H groups in total. The summed E-state index contributed by atoms with van der Waals surface area (Å²) < 4.78 is 28.7. The lowest BCUT2D eigenvalue weighted by Gasteiger charge is -2.24. The Bertz CT molecular complexity index is 1050. The summed E-state index contributed by atoms with van der Waals surface area (Å²) >= 11 is 0. The fourth-order valence-corrected chi connectivity index (χ4v) is 5.91. The minimum atomic E-state index is -1.83. The van der Waals surface area contributed by atoms with Gasteiger partial charge in [-0.05, 0) is 80.3 Å². The fourth-order valence-electron chi connectivity index (χ4n) is 4.41. The van der Waals surface area contributed by atoms with E-state index in [-0.39, 0.29) is 11.7 Å². The first-order valence-electron chi connectivity index (χ1n) is 10.0. The van der Waals surface area contributed by atoms with Gasteiger partial charge >= 0.3 is 0 Å². The van der Waals surface area contributed by atoms with Crippen LogP contribution >= 0.6 is 0 Å². The normalized spacial score (nSPS) is 15.7. The zero-order valence-corrected chi connectivity index (χ0v) is 19.6. The Labute approximate surface area is 173 Å². The van der Waals surface area contributed by atoms with E-state index in [1.165, 1.54) is 23.3 Å². The van der Waals surface area contributed by atoms with E-state index in [9.17, 15) is 13.9 Å². The van der Waals surface area contributed by atoms with E-state index < -0.39 is 19.7 Å². The van der Waals surface area contributed by atoms with E-state index in [4.69, 9.17) is 0 Å². The largest absolute Gasteiger partial charge is 0.507 e. The van der Waals surface area contributed by atoms with Crippen LogP contribution in [0.15, 0.2) is 46.6 Å². The first kappa shape index (κ1) is 21.5. The molecule has 0 saturated carbocycles. The van der Waals surface area contributed by atoms with Gasteiger partial charge in [0.1, 0.15) is 5.75 Å². The Kier molecular flexibility index (Phi) is 5.37. The third-order valence-electron chi connectivity index (χ3n) is 6.37. The highest BCUT2D eigenvalue weighted by Gasteiger charge is 2.31. The highest BCUT2D eigenvalue weighted by atomic mass is 28.3. The molecule has 0 unspecified atom stereocenters. The number of phenols is 1. The van der Waals surface area contributed by atoms with E-state index in [2.05, 4.69) is 47.3 Å². The molecule has 0 bridgehead atoms. The topological polar surface area (TPSA) is 20.2 Å². The lowest BCUT2D eigenvalue weighted by molar-refractivity contribution is 0.480. The van der Waals surface area contributed by atoms with E-state index in [1.54, 1.807) is 0 Å². The molecule has 0 fully saturated rings. The summed E-state index contributed by atoms with van der Waals surface area (Å²) in [5, 5.41) is 12.1. The standard InChI is InChI=1S/C25H30F2OSi/c1-13-9-20(25(28)23(10-13)29(6,7)8)18-11-21(26)22(27)12-19(18)24-16(4)14(2)15(3)17(24)5/h9-12,24,28H,1-8H3. The number of rotatable bonds is 3. The van der Waals surface area contributed by atoms with Crippen molar-refractivity contribution in [2.24, 2.45) is 0 Å². The average Bonchev–Trinajstić information content (AvgIpc) is 2.81. The molecular formula is C25H30F2OSi. The van der Waals surface area contributed by atoms with E-state index in [0.29, 0.717) is 16.7 Å². The monoisotopic (exact) mass is 412 g/mol. The van der Waals surface area contributed by atoms with Gasteiger partial charge in [0.15, 0.2) is 11.6 Å². The van der Waals surface area contributed by atoms with Crippen LogP contribution in [0.25, 0.3) is 11.1 Å². The van der Waals surface area contributed by atoms with Crippen molar-refractivity contribution in [3.8, 4) is 16.9 Å². The Balaban J connectivity index is 2.37. The molecule has 29 heavy (non-hydrogen) atoms. The second-order valence-electron chi connectivity index (χ2n) is 9.36. The van der Waals surface area contributed by atoms with Crippen molar-refractivity contribution in [1.82, 2.24) is 0 Å². The predicted molar refractivity (Wildman–Crippen MR) is 121 cm³/mol. The second-order valence-corrected chi connectivity index (χ2v) is 14.4. The number of allylic oxidation sites excluding steroid dienone is 4. The summed E-state index contributed by atoms with van der Waals surface area (Å²) in [4.78, 5) is 0. The lowest BCUT2D eigenvalue weighted by Crippen LogP contribution is -2.38. The Hall–Kier alpha value is -2.20. The van der Waals surface area contributed by atoms with Crippen LogP contribution in [0.1, 0.15) is 44.7 Å². The average molecular weight is 413 g/mol. The summed E-state index contributed by atoms with van der Waals surface area (Å²) in [5.41, 5.74) is 7.53. The molecular weight excluding hydrogens is 382 g/mol. The number of benzene rings is 2. The molecule has 0 amide bonds. The number of aromatic hydroxyl groups is 1. The van der Waals surface area contributed by atoms with E-state index in [0.717, 1.165) is 21.9 Å². The molecule has 0 heterocycles. The van der Waals surface area contributed by atoms with Gasteiger partial charge in [-0.3, -0.25) is 0 Å². The van der Waals surface area contributed by atoms with Crippen LogP contribution in [0.4, 0.5) is 8.78 Å². The van der Waals surface area contributed by atoms with E-state index >= 15 is 0 Å². The van der Waals surface area contributed by atoms with Crippen LogP contribution in [-0.2, 0) is 0 Å². The lowest BCUT2D eigenvalue weighted by atomic mass is 9.83. The highest BCUT2D eigenvalue weighted by molar-refractivity contribution is 6.89. The molecule has 1 aliphatic carbocycles. The summed E-state index contributed by atoms with van der Waals surface area (Å²) in [6, 6.07) is 6.45. The summed E-state index contributed by atoms with van der Waals surface area (Å²) in [7, 11) is -1.83. The van der Waals surface area contributed by atoms with Gasteiger partial charge in [-0.1, -0.05) is 42.4 Å². The second kappa shape index (κ2) is 7.24. The van der Waals surface area contributed by atoms with Crippen molar-refractivity contribution in [3.05, 3.63) is 69.3 Å². The summed E-state index contributed by atoms with van der Waals surface area (Å²) in [5.74, 6) is -1.68. The number of phenolic OH excluding ortho intramolecular Hbond substituents is 1. The Morgan fingerprint density at radius 1 is 0.759 bits per heavy atom. The molecule has 1 aliphatic rings. The van der Waals surface area contributed by atoms with Gasteiger partial charge in [-0.25, -0.2) is 8.78 Å². The predicted octanol–water partition coefficient (Wildman–Crippen LogP) is 6.96. The van der Waals surface area contributed by atoms with Crippen molar-refractivity contribution in [3.63, 3.8) is 0 Å². The minimum absolute atomic E-state index is 0.115. The Morgan fingerprint density at radius 2 is 1.28 bits per heavy atom. The van der Waals surface area contributed by atoms with Crippen LogP contribution < -0.4 is 5.19 Å². The molecule has 0 saturated heterocycles. The zero-order chi connectivity index (χ0) is 21.8. The van der Waals surface area contributed by atoms with Gasteiger partial charge in [-0.2, -0.15) is 0 Å². The van der Waals surface area contributed by atoms with Gasteiger partial charge in [0, 0.05) is 11.5 Å². The SMILES string of the molecule is CC1=C(C)C(c2cc(F)c(F)cc2-c2cc(C)cc([Si](C)(C)C)c2O)C(C)=C1C. The van der Waals surface area contributed by atoms with Gasteiger partial charge < -0.3 is 5.11 Å². The summed E-state index contributed by atoms with van der Waals surface area (Å²) in [6.45, 7) is 16.7. The first-order valence-corrected chi connectivity index (χ1v) is 13.5. The van der Waals surface area contributed by atoms with Crippen LogP contribution in [0.2, 0.25) is 19.6 Å². The third-order valence-corrected chi connectivity index (χ3v) is 8.36. The fraction of sp³-hybridized carbons (Fsp3) is 0.360. The van der Waals surface area contributed by atoms with Gasteiger partial charge in [0.05, 0.1) is 8.07 Å². The molecule has 2 aromatic carbocycles. The molecule has 154 valence electrons. The maximum absolute atomic E-state index is 14.4. The maximum Gasteiger partial charge on any atom is 0.159 e. The number of hydrogen-bond acceptors (Lipinski definition) is 1. The zero-order valence-electron chi connectivity index (χ0n) is 18.6. The summed E-state index contributed by atoms with van der Waals surface area (Å²) in [6.07, 6.45) is 0. The van der Waals surface area contributed by atoms with Crippen molar-refractivity contribution in [2.45, 2.75) is 60.2 Å². The molecule has 3 rings (SSSR count). The molecule has 0 spiro atoms. The Morgan fingerprint density at radius 3 is 1.79 bits per heavy atom. The van der Waals surface area contributed by atoms with Gasteiger partial charge in [0.2, 0.25) is 0 Å². The van der Waals surface area contributed by atoms with Crippen molar-refractivity contribution in [2.75, 3.05) is 0 Å². The quantitative estimate of drug-likeness (QED) is 0.540. The van der Waals surface area contributed by atoms with Crippen LogP contribution in [0.3, 0.4) is 0 Å². The van der Waals surface area contributed by atoms with Crippen molar-refractivity contribution >= 4 is 13.3 Å². The van der Waals surface area contributed by atoms with Crippen LogP contribution in [-0.4, -0.2) is 13.2 Å². The van der Waals surface area contributed by atoms with Gasteiger partial charge in [-0.15, -0.1) is 0 Å². The molecule has 1 nitrogen and oxygen atoms in total.